The molecular formula is C35H35ClF3N3O4S. The maximum atomic E-state index is 14.4. The third-order valence-corrected chi connectivity index (χ3v) is 9.63. The number of amides is 2. The van der Waals surface area contributed by atoms with Crippen molar-refractivity contribution in [3.63, 3.8) is 0 Å². The van der Waals surface area contributed by atoms with Gasteiger partial charge in [-0.05, 0) is 53.9 Å². The number of benzene rings is 4. The van der Waals surface area contributed by atoms with Crippen LogP contribution in [0.2, 0.25) is 5.02 Å². The van der Waals surface area contributed by atoms with Gasteiger partial charge in [0.2, 0.25) is 11.8 Å². The Bertz CT molecular complexity index is 1760. The van der Waals surface area contributed by atoms with Crippen LogP contribution in [-0.2, 0) is 38.8 Å². The molecule has 1 N–H and O–H groups in total. The molecule has 1 unspecified atom stereocenters. The first-order chi connectivity index (χ1) is 22.4. The van der Waals surface area contributed by atoms with Crippen LogP contribution < -0.4 is 9.62 Å². The summed E-state index contributed by atoms with van der Waals surface area (Å²) in [5.74, 6) is -1.27. The SMILES string of the molecule is CCCCNC(=O)C(Cc1ccccc1)N(Cc1ccccc1Cl)C(=O)CN(c1cccc(C(F)(F)F)c1)S(=O)(=O)c1ccccc1. The van der Waals surface area contributed by atoms with Gasteiger partial charge in [0.05, 0.1) is 16.1 Å². The van der Waals surface area contributed by atoms with E-state index in [2.05, 4.69) is 5.32 Å². The second kappa shape index (κ2) is 16.0. The average Bonchev–Trinajstić information content (AvgIpc) is 3.06. The molecule has 4 rings (SSSR count). The van der Waals surface area contributed by atoms with Crippen molar-refractivity contribution in [3.05, 3.63) is 131 Å². The number of hydrogen-bond donors (Lipinski definition) is 1. The molecular weight excluding hydrogens is 651 g/mol. The highest BCUT2D eigenvalue weighted by Crippen LogP contribution is 2.33. The fourth-order valence-corrected chi connectivity index (χ4v) is 6.58. The molecule has 4 aromatic rings. The molecule has 2 amide bonds. The normalized spacial score (nSPS) is 12.3. The van der Waals surface area contributed by atoms with Crippen LogP contribution in [0.15, 0.2) is 114 Å². The van der Waals surface area contributed by atoms with Crippen LogP contribution in [0.3, 0.4) is 0 Å². The summed E-state index contributed by atoms with van der Waals surface area (Å²) < 4.78 is 69.9. The summed E-state index contributed by atoms with van der Waals surface area (Å²) in [6.45, 7) is 1.26. The fraction of sp³-hybridized carbons (Fsp3) is 0.257. The standard InChI is InChI=1S/C35H35ClF3N3O4S/c1-2-3-21-40-34(44)32(22-26-13-6-4-7-14-26)41(24-27-15-10-11-20-31(27)36)33(43)25-42(47(45,46)30-18-8-5-9-19-30)29-17-12-16-28(23-29)35(37,38)39/h4-20,23,32H,2-3,21-22,24-25H2,1H3,(H,40,44). The van der Waals surface area contributed by atoms with Gasteiger partial charge in [0, 0.05) is 24.5 Å². The van der Waals surface area contributed by atoms with Crippen LogP contribution >= 0.6 is 11.6 Å². The Morgan fingerprint density at radius 1 is 0.872 bits per heavy atom. The molecule has 0 bridgehead atoms. The van der Waals surface area contributed by atoms with Crippen molar-refractivity contribution in [2.24, 2.45) is 0 Å². The highest BCUT2D eigenvalue weighted by molar-refractivity contribution is 7.92. The van der Waals surface area contributed by atoms with Crippen LogP contribution in [0.25, 0.3) is 0 Å². The predicted molar refractivity (Wildman–Crippen MR) is 176 cm³/mol. The first-order valence-electron chi connectivity index (χ1n) is 15.0. The van der Waals surface area contributed by atoms with E-state index >= 15 is 0 Å². The quantitative estimate of drug-likeness (QED) is 0.143. The topological polar surface area (TPSA) is 86.8 Å². The molecule has 0 saturated carbocycles. The van der Waals surface area contributed by atoms with Gasteiger partial charge >= 0.3 is 6.18 Å². The molecule has 12 heteroatoms. The Kier molecular flexibility index (Phi) is 12.1. The molecule has 0 aliphatic heterocycles. The molecule has 4 aromatic carbocycles. The molecule has 0 aromatic heterocycles. The summed E-state index contributed by atoms with van der Waals surface area (Å²) in [7, 11) is -4.56. The molecule has 0 saturated heterocycles. The zero-order valence-corrected chi connectivity index (χ0v) is 27.2. The number of nitrogens with one attached hydrogen (secondary N) is 1. The van der Waals surface area contributed by atoms with Crippen molar-refractivity contribution in [1.82, 2.24) is 10.2 Å². The van der Waals surface area contributed by atoms with Crippen molar-refractivity contribution < 1.29 is 31.2 Å². The summed E-state index contributed by atoms with van der Waals surface area (Å²) in [4.78, 5) is 29.2. The van der Waals surface area contributed by atoms with Crippen LogP contribution in [-0.4, -0.2) is 44.3 Å². The van der Waals surface area contributed by atoms with Gasteiger partial charge in [-0.25, -0.2) is 8.42 Å². The molecule has 0 aliphatic rings. The summed E-state index contributed by atoms with van der Waals surface area (Å²) in [5, 5.41) is 3.20. The van der Waals surface area contributed by atoms with E-state index in [1.54, 1.807) is 54.6 Å². The molecule has 0 radical (unpaired) electrons. The number of halogens is 4. The highest BCUT2D eigenvalue weighted by Gasteiger charge is 2.36. The van der Waals surface area contributed by atoms with E-state index in [1.807, 2.05) is 13.0 Å². The highest BCUT2D eigenvalue weighted by atomic mass is 35.5. The number of carbonyl (C=O) groups is 2. The zero-order valence-electron chi connectivity index (χ0n) is 25.7. The average molecular weight is 686 g/mol. The van der Waals surface area contributed by atoms with E-state index in [0.717, 1.165) is 24.1 Å². The Labute approximate surface area is 278 Å². The Balaban J connectivity index is 1.83. The molecule has 248 valence electrons. The van der Waals surface area contributed by atoms with Crippen molar-refractivity contribution >= 4 is 39.1 Å². The maximum absolute atomic E-state index is 14.4. The monoisotopic (exact) mass is 685 g/mol. The molecule has 7 nitrogen and oxygen atoms in total. The summed E-state index contributed by atoms with van der Waals surface area (Å²) in [5.41, 5.74) is -0.201. The number of rotatable bonds is 14. The van der Waals surface area contributed by atoms with Crippen molar-refractivity contribution in [3.8, 4) is 0 Å². The number of nitrogens with zero attached hydrogens (tertiary/aromatic N) is 2. The lowest BCUT2D eigenvalue weighted by molar-refractivity contribution is -0.140. The van der Waals surface area contributed by atoms with E-state index in [-0.39, 0.29) is 23.5 Å². The third kappa shape index (κ3) is 9.36. The largest absolute Gasteiger partial charge is 0.416 e. The Hall–Kier alpha value is -4.35. The minimum atomic E-state index is -4.77. The lowest BCUT2D eigenvalue weighted by Crippen LogP contribution is -2.53. The van der Waals surface area contributed by atoms with Gasteiger partial charge in [0.25, 0.3) is 10.0 Å². The first kappa shape index (κ1) is 35.5. The van der Waals surface area contributed by atoms with Crippen molar-refractivity contribution in [1.29, 1.82) is 0 Å². The van der Waals surface area contributed by atoms with E-state index in [4.69, 9.17) is 11.6 Å². The predicted octanol–water partition coefficient (Wildman–Crippen LogP) is 7.11. The zero-order chi connectivity index (χ0) is 34.0. The second-order valence-corrected chi connectivity index (χ2v) is 13.1. The van der Waals surface area contributed by atoms with Crippen molar-refractivity contribution in [2.45, 2.75) is 49.8 Å². The number of carbonyl (C=O) groups excluding carboxylic acids is 2. The number of hydrogen-bond acceptors (Lipinski definition) is 4. The number of anilines is 1. The number of alkyl halides is 3. The van der Waals surface area contributed by atoms with Crippen LogP contribution in [0.5, 0.6) is 0 Å². The molecule has 1 atom stereocenters. The minimum Gasteiger partial charge on any atom is -0.354 e. The van der Waals surface area contributed by atoms with Gasteiger partial charge in [-0.15, -0.1) is 0 Å². The van der Waals surface area contributed by atoms with Gasteiger partial charge in [0.15, 0.2) is 0 Å². The van der Waals surface area contributed by atoms with Crippen molar-refractivity contribution in [2.75, 3.05) is 17.4 Å². The summed E-state index contributed by atoms with van der Waals surface area (Å²) >= 11 is 6.48. The lowest BCUT2D eigenvalue weighted by Gasteiger charge is -2.34. The van der Waals surface area contributed by atoms with Crippen LogP contribution in [0, 0.1) is 0 Å². The number of unbranched alkanes of at least 4 members (excludes halogenated alkanes) is 1. The third-order valence-electron chi connectivity index (χ3n) is 7.47. The molecule has 0 aliphatic carbocycles. The van der Waals surface area contributed by atoms with Gasteiger partial charge in [-0.1, -0.05) is 97.7 Å². The molecule has 0 heterocycles. The molecule has 0 fully saturated rings. The number of sulfonamides is 1. The summed E-state index contributed by atoms with van der Waals surface area (Å²) in [6, 6.07) is 25.5. The van der Waals surface area contributed by atoms with E-state index in [0.29, 0.717) is 33.9 Å². The van der Waals surface area contributed by atoms with E-state index in [9.17, 15) is 31.2 Å². The van der Waals surface area contributed by atoms with Gasteiger partial charge in [-0.3, -0.25) is 13.9 Å². The fourth-order valence-electron chi connectivity index (χ4n) is 4.96. The lowest BCUT2D eigenvalue weighted by atomic mass is 10.0. The maximum Gasteiger partial charge on any atom is 0.416 e. The smallest absolute Gasteiger partial charge is 0.354 e. The summed E-state index contributed by atoms with van der Waals surface area (Å²) in [6.07, 6.45) is -3.17. The minimum absolute atomic E-state index is 0.0873. The van der Waals surface area contributed by atoms with Gasteiger partial charge < -0.3 is 10.2 Å². The Morgan fingerprint density at radius 3 is 2.15 bits per heavy atom. The Morgan fingerprint density at radius 2 is 1.51 bits per heavy atom. The van der Waals surface area contributed by atoms with Gasteiger partial charge in [-0.2, -0.15) is 13.2 Å². The van der Waals surface area contributed by atoms with E-state index < -0.39 is 46.2 Å². The molecule has 0 spiro atoms. The van der Waals surface area contributed by atoms with Crippen LogP contribution in [0.1, 0.15) is 36.5 Å². The van der Waals surface area contributed by atoms with Crippen LogP contribution in [0.4, 0.5) is 18.9 Å². The molecule has 47 heavy (non-hydrogen) atoms. The first-order valence-corrected chi connectivity index (χ1v) is 16.8. The second-order valence-electron chi connectivity index (χ2n) is 10.8. The van der Waals surface area contributed by atoms with Gasteiger partial charge in [0.1, 0.15) is 12.6 Å². The van der Waals surface area contributed by atoms with E-state index in [1.165, 1.54) is 35.2 Å².